The second kappa shape index (κ2) is 11.5. The van der Waals surface area contributed by atoms with Gasteiger partial charge in [0.25, 0.3) is 5.69 Å². The van der Waals surface area contributed by atoms with Crippen LogP contribution >= 0.6 is 11.8 Å². The van der Waals surface area contributed by atoms with Crippen LogP contribution in [0.2, 0.25) is 0 Å². The van der Waals surface area contributed by atoms with Gasteiger partial charge in [-0.05, 0) is 24.3 Å². The maximum atomic E-state index is 13.1. The molecule has 202 valence electrons. The second-order valence-corrected chi connectivity index (χ2v) is 10.2. The molecule has 12 heteroatoms. The number of benzene rings is 3. The summed E-state index contributed by atoms with van der Waals surface area (Å²) in [6.07, 6.45) is -4.63. The Bertz CT molecular complexity index is 1420. The van der Waals surface area contributed by atoms with E-state index in [1.165, 1.54) is 11.0 Å². The number of aromatic nitrogens is 3. The van der Waals surface area contributed by atoms with Crippen LogP contribution in [0.15, 0.2) is 84.0 Å². The van der Waals surface area contributed by atoms with Gasteiger partial charge < -0.3 is 9.80 Å². The summed E-state index contributed by atoms with van der Waals surface area (Å²) in [7, 11) is 0. The zero-order valence-corrected chi connectivity index (χ0v) is 21.7. The highest BCUT2D eigenvalue weighted by atomic mass is 32.2. The Kier molecular flexibility index (Phi) is 7.84. The number of nitro groups is 1. The van der Waals surface area contributed by atoms with E-state index in [0.29, 0.717) is 19.2 Å². The van der Waals surface area contributed by atoms with Crippen molar-refractivity contribution in [2.75, 3.05) is 43.4 Å². The van der Waals surface area contributed by atoms with Crippen LogP contribution in [-0.2, 0) is 6.18 Å². The number of nitrogens with zero attached hydrogens (tertiary/aromatic N) is 5. The van der Waals surface area contributed by atoms with Crippen LogP contribution in [0.25, 0.3) is 17.1 Å². The summed E-state index contributed by atoms with van der Waals surface area (Å²) in [4.78, 5) is 13.9. The van der Waals surface area contributed by atoms with E-state index in [-0.39, 0.29) is 5.69 Å². The number of hydrogen-bond donors (Lipinski definition) is 1. The Hall–Kier alpha value is -3.90. The van der Waals surface area contributed by atoms with Gasteiger partial charge in [0, 0.05) is 17.3 Å². The van der Waals surface area contributed by atoms with Gasteiger partial charge in [-0.1, -0.05) is 60.3 Å². The third kappa shape index (κ3) is 6.07. The number of anilines is 1. The molecule has 1 aliphatic heterocycles. The fraction of sp³-hybridized carbons (Fsp3) is 0.259. The Morgan fingerprint density at radius 1 is 0.949 bits per heavy atom. The van der Waals surface area contributed by atoms with Crippen molar-refractivity contribution in [1.82, 2.24) is 14.8 Å². The summed E-state index contributed by atoms with van der Waals surface area (Å²) < 4.78 is 41.2. The van der Waals surface area contributed by atoms with Crippen LogP contribution < -0.4 is 9.80 Å². The van der Waals surface area contributed by atoms with Crippen LogP contribution in [-0.4, -0.2) is 58.2 Å². The van der Waals surface area contributed by atoms with Gasteiger partial charge in [-0.25, -0.2) is 0 Å². The minimum absolute atomic E-state index is 0.228. The third-order valence-electron chi connectivity index (χ3n) is 6.68. The number of nitro benzene ring substituents is 1. The van der Waals surface area contributed by atoms with Gasteiger partial charge in [0.2, 0.25) is 0 Å². The Morgan fingerprint density at radius 3 is 2.26 bits per heavy atom. The van der Waals surface area contributed by atoms with E-state index in [0.717, 1.165) is 53.7 Å². The lowest BCUT2D eigenvalue weighted by molar-refractivity contribution is -0.898. The average molecular weight is 556 g/mol. The number of halogens is 3. The maximum Gasteiger partial charge on any atom is 0.416 e. The molecule has 0 spiro atoms. The first-order valence-electron chi connectivity index (χ1n) is 12.4. The molecular formula is C27H26F3N6O2S+. The van der Waals surface area contributed by atoms with Gasteiger partial charge in [0.15, 0.2) is 11.0 Å². The minimum Gasteiger partial charge on any atom is -0.355 e. The summed E-state index contributed by atoms with van der Waals surface area (Å²) >= 11 is 1.62. The van der Waals surface area contributed by atoms with Crippen molar-refractivity contribution < 1.29 is 23.0 Å². The van der Waals surface area contributed by atoms with Crippen molar-refractivity contribution in [3.8, 4) is 17.1 Å². The number of piperazine rings is 1. The highest BCUT2D eigenvalue weighted by Gasteiger charge is 2.34. The molecule has 0 bridgehead atoms. The molecule has 2 heterocycles. The normalized spacial score (nSPS) is 14.5. The van der Waals surface area contributed by atoms with E-state index in [4.69, 9.17) is 0 Å². The van der Waals surface area contributed by atoms with Crippen molar-refractivity contribution in [3.05, 3.63) is 94.5 Å². The van der Waals surface area contributed by atoms with Crippen LogP contribution in [0.5, 0.6) is 0 Å². The molecule has 1 aromatic heterocycles. The molecule has 39 heavy (non-hydrogen) atoms. The van der Waals surface area contributed by atoms with Crippen molar-refractivity contribution >= 4 is 23.1 Å². The maximum absolute atomic E-state index is 13.1. The van der Waals surface area contributed by atoms with Crippen molar-refractivity contribution in [2.45, 2.75) is 11.3 Å². The van der Waals surface area contributed by atoms with Crippen LogP contribution in [0, 0.1) is 10.1 Å². The number of hydrogen-bond acceptors (Lipinski definition) is 6. The molecule has 0 saturated carbocycles. The third-order valence-corrected chi connectivity index (χ3v) is 7.61. The summed E-state index contributed by atoms with van der Waals surface area (Å²) in [5.41, 5.74) is 0.643. The van der Waals surface area contributed by atoms with E-state index in [9.17, 15) is 23.3 Å². The van der Waals surface area contributed by atoms with Gasteiger partial charge in [-0.3, -0.25) is 14.7 Å². The SMILES string of the molecule is O=[N+]([O-])c1cc(C(F)(F)F)ccc1N1CC[NH+](CCSc2nnc(-c3ccccc3)n2-c2ccccc2)CC1. The number of alkyl halides is 3. The fourth-order valence-electron chi connectivity index (χ4n) is 4.66. The van der Waals surface area contributed by atoms with Crippen molar-refractivity contribution in [1.29, 1.82) is 0 Å². The van der Waals surface area contributed by atoms with Gasteiger partial charge in [-0.15, -0.1) is 10.2 Å². The molecule has 8 nitrogen and oxygen atoms in total. The highest BCUT2D eigenvalue weighted by Crippen LogP contribution is 2.36. The first-order valence-corrected chi connectivity index (χ1v) is 13.4. The number of para-hydroxylation sites is 1. The van der Waals surface area contributed by atoms with Gasteiger partial charge in [-0.2, -0.15) is 13.2 Å². The molecule has 1 aliphatic rings. The van der Waals surface area contributed by atoms with Crippen molar-refractivity contribution in [2.24, 2.45) is 0 Å². The van der Waals surface area contributed by atoms with Gasteiger partial charge >= 0.3 is 6.18 Å². The molecular weight excluding hydrogens is 529 g/mol. The molecule has 1 fully saturated rings. The molecule has 0 atom stereocenters. The van der Waals surface area contributed by atoms with Crippen LogP contribution in [0.4, 0.5) is 24.5 Å². The number of quaternary nitrogens is 1. The van der Waals surface area contributed by atoms with Crippen molar-refractivity contribution in [3.63, 3.8) is 0 Å². The number of nitrogens with one attached hydrogen (secondary N) is 1. The summed E-state index contributed by atoms with van der Waals surface area (Å²) in [5, 5.41) is 21.2. The lowest BCUT2D eigenvalue weighted by Gasteiger charge is -2.33. The van der Waals surface area contributed by atoms with E-state index < -0.39 is 22.4 Å². The summed E-state index contributed by atoms with van der Waals surface area (Å²) in [5.74, 6) is 1.55. The Balaban J connectivity index is 1.23. The monoisotopic (exact) mass is 555 g/mol. The zero-order valence-electron chi connectivity index (χ0n) is 20.8. The number of rotatable bonds is 8. The fourth-order valence-corrected chi connectivity index (χ4v) is 5.65. The van der Waals surface area contributed by atoms with E-state index in [1.807, 2.05) is 60.7 Å². The molecule has 1 saturated heterocycles. The lowest BCUT2D eigenvalue weighted by atomic mass is 10.1. The lowest BCUT2D eigenvalue weighted by Crippen LogP contribution is -3.15. The Morgan fingerprint density at radius 2 is 1.62 bits per heavy atom. The number of thioether (sulfide) groups is 1. The topological polar surface area (TPSA) is 81.5 Å². The average Bonchev–Trinajstić information content (AvgIpc) is 3.37. The van der Waals surface area contributed by atoms with Crippen LogP contribution in [0.3, 0.4) is 0 Å². The summed E-state index contributed by atoms with van der Waals surface area (Å²) in [6.45, 7) is 3.32. The largest absolute Gasteiger partial charge is 0.416 e. The predicted molar refractivity (Wildman–Crippen MR) is 143 cm³/mol. The molecule has 4 aromatic rings. The zero-order chi connectivity index (χ0) is 27.4. The molecule has 0 amide bonds. The Labute approximate surface area is 227 Å². The highest BCUT2D eigenvalue weighted by molar-refractivity contribution is 7.99. The molecule has 0 aliphatic carbocycles. The van der Waals surface area contributed by atoms with E-state index in [2.05, 4.69) is 14.8 Å². The minimum atomic E-state index is -4.63. The molecule has 0 radical (unpaired) electrons. The quantitative estimate of drug-likeness (QED) is 0.198. The molecule has 5 rings (SSSR count). The first-order chi connectivity index (χ1) is 18.8. The first kappa shape index (κ1) is 26.7. The van der Waals surface area contributed by atoms with Crippen LogP contribution in [0.1, 0.15) is 5.56 Å². The van der Waals surface area contributed by atoms with E-state index in [1.54, 1.807) is 16.7 Å². The van der Waals surface area contributed by atoms with Gasteiger partial charge in [0.05, 0.1) is 49.0 Å². The second-order valence-electron chi connectivity index (χ2n) is 9.14. The summed E-state index contributed by atoms with van der Waals surface area (Å²) in [6, 6.07) is 22.6. The predicted octanol–water partition coefficient (Wildman–Crippen LogP) is 4.36. The van der Waals surface area contributed by atoms with Gasteiger partial charge in [0.1, 0.15) is 5.69 Å². The standard InChI is InChI=1S/C27H25F3N6O2S/c28-27(29,30)21-11-12-23(24(19-21)36(37)38)34-15-13-33(14-16-34)17-18-39-26-32-31-25(20-7-3-1-4-8-20)35(26)22-9-5-2-6-10-22/h1-12,19H,13-18H2/p+1. The van der Waals surface area contributed by atoms with E-state index >= 15 is 0 Å². The molecule has 0 unspecified atom stereocenters. The molecule has 3 aromatic carbocycles. The molecule has 1 N–H and O–H groups in total. The smallest absolute Gasteiger partial charge is 0.355 e.